The summed E-state index contributed by atoms with van der Waals surface area (Å²) in [6, 6.07) is 22.1. The Morgan fingerprint density at radius 3 is 2.58 bits per heavy atom. The first-order valence-corrected chi connectivity index (χ1v) is 17.0. The van der Waals surface area contributed by atoms with E-state index in [1.807, 2.05) is 54.6 Å². The van der Waals surface area contributed by atoms with Crippen molar-refractivity contribution < 1.29 is 23.6 Å². The molecule has 2 N–H and O–H groups in total. The van der Waals surface area contributed by atoms with Gasteiger partial charge in [0.15, 0.2) is 11.5 Å². The van der Waals surface area contributed by atoms with Crippen LogP contribution >= 0.6 is 11.8 Å². The fraction of sp³-hybridized carbons (Fsp3) is 0.394. The molecule has 0 radical (unpaired) electrons. The van der Waals surface area contributed by atoms with Crippen molar-refractivity contribution in [1.29, 1.82) is 0 Å². The third-order valence-electron chi connectivity index (χ3n) is 6.95. The second-order valence-electron chi connectivity index (χ2n) is 10.4. The number of hydrogen-bond acceptors (Lipinski definition) is 7. The first kappa shape index (κ1) is 32.6. The first-order valence-electron chi connectivity index (χ1n) is 14.8. The number of aromatic nitrogens is 2. The minimum absolute atomic E-state index is 0.191. The predicted molar refractivity (Wildman–Crippen MR) is 175 cm³/mol. The van der Waals surface area contributed by atoms with Gasteiger partial charge in [-0.2, -0.15) is 0 Å². The number of methoxy groups -OCH3 is 1. The van der Waals surface area contributed by atoms with Gasteiger partial charge in [0.2, 0.25) is 12.7 Å². The average Bonchev–Trinajstić information content (AvgIpc) is 3.65. The van der Waals surface area contributed by atoms with Crippen LogP contribution in [0.2, 0.25) is 0 Å². The minimum atomic E-state index is -0.743. The van der Waals surface area contributed by atoms with Crippen molar-refractivity contribution in [3.8, 4) is 11.5 Å². The van der Waals surface area contributed by atoms with Gasteiger partial charge < -0.3 is 23.7 Å². The van der Waals surface area contributed by atoms with Crippen LogP contribution in [0.25, 0.3) is 11.0 Å². The molecule has 0 bridgehead atoms. The second-order valence-corrected chi connectivity index (χ2v) is 13.5. The lowest BCUT2D eigenvalue weighted by Gasteiger charge is -2.18. The van der Waals surface area contributed by atoms with Gasteiger partial charge in [-0.1, -0.05) is 79.8 Å². The number of anilines is 1. The molecule has 43 heavy (non-hydrogen) atoms. The predicted octanol–water partition coefficient (Wildman–Crippen LogP) is 8.35. The van der Waals surface area contributed by atoms with Crippen LogP contribution in [0.15, 0.2) is 76.5 Å². The van der Waals surface area contributed by atoms with Crippen molar-refractivity contribution in [3.63, 3.8) is 0 Å². The molecule has 1 amide bonds. The van der Waals surface area contributed by atoms with Gasteiger partial charge in [-0.25, -0.2) is 9.78 Å². The second kappa shape index (κ2) is 17.1. The molecule has 8 nitrogen and oxygen atoms in total. The van der Waals surface area contributed by atoms with Crippen molar-refractivity contribution in [3.05, 3.63) is 72.3 Å². The number of rotatable bonds is 13. The van der Waals surface area contributed by atoms with Gasteiger partial charge in [0.05, 0.1) is 18.1 Å². The molecule has 1 aromatic heterocycles. The van der Waals surface area contributed by atoms with E-state index in [1.54, 1.807) is 11.8 Å². The van der Waals surface area contributed by atoms with E-state index < -0.39 is 17.3 Å². The Morgan fingerprint density at radius 1 is 1.02 bits per heavy atom. The smallest absolute Gasteiger partial charge is 0.413 e. The number of imidazole rings is 1. The van der Waals surface area contributed by atoms with Crippen LogP contribution in [0.3, 0.4) is 0 Å². The topological polar surface area (TPSA) is 109 Å². The zero-order valence-electron chi connectivity index (χ0n) is 25.1. The highest BCUT2D eigenvalue weighted by atomic mass is 32.2. The molecule has 1 aliphatic heterocycles. The fourth-order valence-corrected chi connectivity index (χ4v) is 6.74. The molecule has 0 saturated carbocycles. The van der Waals surface area contributed by atoms with Gasteiger partial charge in [-0.3, -0.25) is 5.32 Å². The van der Waals surface area contributed by atoms with Crippen LogP contribution in [-0.4, -0.2) is 45.5 Å². The van der Waals surface area contributed by atoms with Crippen LogP contribution in [0, 0.1) is 0 Å². The molecule has 0 fully saturated rings. The molecule has 0 spiro atoms. The molecule has 2 unspecified atom stereocenters. The van der Waals surface area contributed by atoms with E-state index in [4.69, 9.17) is 9.47 Å². The molecular formula is C33H41N3O5S2. The third-order valence-corrected chi connectivity index (χ3v) is 9.70. The van der Waals surface area contributed by atoms with Gasteiger partial charge in [0, 0.05) is 16.2 Å². The van der Waals surface area contributed by atoms with Crippen LogP contribution in [-0.2, 0) is 22.3 Å². The molecule has 3 aromatic carbocycles. The summed E-state index contributed by atoms with van der Waals surface area (Å²) in [6.07, 6.45) is 7.77. The van der Waals surface area contributed by atoms with Crippen molar-refractivity contribution in [2.24, 2.45) is 0 Å². The Balaban J connectivity index is 0.000000197. The van der Waals surface area contributed by atoms with E-state index in [0.717, 1.165) is 46.0 Å². The summed E-state index contributed by atoms with van der Waals surface area (Å²) < 4.78 is 27.6. The number of carbonyl (C=O) groups is 1. The Labute approximate surface area is 261 Å². The Morgan fingerprint density at radius 2 is 1.79 bits per heavy atom. The van der Waals surface area contributed by atoms with E-state index >= 15 is 0 Å². The maximum Gasteiger partial charge on any atom is 0.413 e. The van der Waals surface area contributed by atoms with Gasteiger partial charge in [-0.05, 0) is 67.8 Å². The van der Waals surface area contributed by atoms with Crippen molar-refractivity contribution in [2.75, 3.05) is 25.0 Å². The molecule has 1 aliphatic rings. The highest BCUT2D eigenvalue weighted by molar-refractivity contribution is 7.99. The number of fused-ring (bicyclic) bond motifs is 2. The molecule has 0 saturated heterocycles. The monoisotopic (exact) mass is 623 g/mol. The molecule has 0 aliphatic carbocycles. The largest absolute Gasteiger partial charge is 0.616 e. The molecular weight excluding hydrogens is 583 g/mol. The maximum atomic E-state index is 12.3. The molecule has 2 heterocycles. The van der Waals surface area contributed by atoms with Crippen molar-refractivity contribution in [1.82, 2.24) is 9.97 Å². The van der Waals surface area contributed by atoms with E-state index in [9.17, 15) is 9.35 Å². The van der Waals surface area contributed by atoms with Crippen LogP contribution in [0.4, 0.5) is 10.7 Å². The number of ether oxygens (including phenoxy) is 3. The number of aromatic amines is 1. The zero-order chi connectivity index (χ0) is 30.4. The lowest BCUT2D eigenvalue weighted by molar-refractivity contribution is 0.174. The number of amides is 1. The third kappa shape index (κ3) is 10.4. The summed E-state index contributed by atoms with van der Waals surface area (Å²) in [5.41, 5.74) is 2.83. The number of nitrogens with one attached hydrogen (secondary N) is 2. The van der Waals surface area contributed by atoms with Gasteiger partial charge in [-0.15, -0.1) is 0 Å². The molecule has 230 valence electrons. The molecule has 4 aromatic rings. The SMILES string of the molecule is CCCCCCCC[S+]([O-])C(C)Cc1ccc2c(c1)OCO2.COC(=O)Nc1nc2cc(Sc3ccccc3)ccc2[nH]1. The first-order chi connectivity index (χ1) is 20.9. The summed E-state index contributed by atoms with van der Waals surface area (Å²) in [6.45, 7) is 4.61. The van der Waals surface area contributed by atoms with E-state index in [-0.39, 0.29) is 5.25 Å². The highest BCUT2D eigenvalue weighted by Gasteiger charge is 2.19. The molecule has 10 heteroatoms. The lowest BCUT2D eigenvalue weighted by Crippen LogP contribution is -2.23. The zero-order valence-corrected chi connectivity index (χ0v) is 26.7. The lowest BCUT2D eigenvalue weighted by atomic mass is 10.1. The summed E-state index contributed by atoms with van der Waals surface area (Å²) in [5.74, 6) is 2.83. The standard InChI is InChI=1S/C18H28O3S.C15H13N3O2S/c1-3-4-5-6-7-8-11-22(19)15(2)12-16-9-10-17-18(13-16)21-14-20-17;1-20-15(19)18-14-16-12-8-7-11(9-13(12)17-14)21-10-5-3-2-4-6-10/h9-10,13,15H,3-8,11-12,14H2,1-2H3;2-9H,1H3,(H2,16,17,18,19). The minimum Gasteiger partial charge on any atom is -0.616 e. The number of nitrogens with zero attached hydrogens (tertiary/aromatic N) is 1. The van der Waals surface area contributed by atoms with Gasteiger partial charge >= 0.3 is 6.09 Å². The summed E-state index contributed by atoms with van der Waals surface area (Å²) >= 11 is 0.921. The van der Waals surface area contributed by atoms with Crippen LogP contribution in [0.5, 0.6) is 11.5 Å². The van der Waals surface area contributed by atoms with Crippen molar-refractivity contribution >= 4 is 46.0 Å². The van der Waals surface area contributed by atoms with Crippen molar-refractivity contribution in [2.45, 2.75) is 73.8 Å². The number of unbranched alkanes of at least 4 members (excludes halogenated alkanes) is 5. The maximum absolute atomic E-state index is 12.3. The quantitative estimate of drug-likeness (QED) is 0.114. The Hall–Kier alpha value is -3.34. The Bertz CT molecular complexity index is 1430. The van der Waals surface area contributed by atoms with E-state index in [0.29, 0.717) is 12.7 Å². The fourth-order valence-electron chi connectivity index (χ4n) is 4.60. The van der Waals surface area contributed by atoms with E-state index in [2.05, 4.69) is 46.0 Å². The van der Waals surface area contributed by atoms with Crippen LogP contribution in [0.1, 0.15) is 57.9 Å². The number of benzene rings is 3. The van der Waals surface area contributed by atoms with Gasteiger partial charge in [0.1, 0.15) is 11.0 Å². The summed E-state index contributed by atoms with van der Waals surface area (Å²) in [4.78, 5) is 20.8. The number of carbonyl (C=O) groups excluding carboxylic acids is 1. The summed E-state index contributed by atoms with van der Waals surface area (Å²) in [5, 5.41) is 2.71. The van der Waals surface area contributed by atoms with Gasteiger partial charge in [0.25, 0.3) is 0 Å². The average molecular weight is 624 g/mol. The Kier molecular flexibility index (Phi) is 12.9. The normalized spacial score (nSPS) is 13.2. The summed E-state index contributed by atoms with van der Waals surface area (Å²) in [7, 11) is 1.31. The molecule has 5 rings (SSSR count). The van der Waals surface area contributed by atoms with E-state index in [1.165, 1.54) is 49.7 Å². The molecule has 2 atom stereocenters. The van der Waals surface area contributed by atoms with Crippen LogP contribution < -0.4 is 14.8 Å². The number of H-pyrrole nitrogens is 1. The number of hydrogen-bond donors (Lipinski definition) is 2. The highest BCUT2D eigenvalue weighted by Crippen LogP contribution is 2.33.